The van der Waals surface area contributed by atoms with Crippen LogP contribution in [0.2, 0.25) is 0 Å². The van der Waals surface area contributed by atoms with Gasteiger partial charge < -0.3 is 9.64 Å². The number of hydrogen-bond acceptors (Lipinski definition) is 3. The third-order valence-corrected chi connectivity index (χ3v) is 4.37. The van der Waals surface area contributed by atoms with Gasteiger partial charge in [-0.1, -0.05) is 0 Å². The molecular weight excluding hydrogens is 230 g/mol. The van der Waals surface area contributed by atoms with Crippen molar-refractivity contribution in [2.45, 2.75) is 18.9 Å². The molecule has 0 aromatic carbocycles. The maximum atomic E-state index is 12.3. The summed E-state index contributed by atoms with van der Waals surface area (Å²) in [4.78, 5) is 14.3. The molecule has 0 N–H and O–H groups in total. The fraction of sp³-hybridized carbons (Fsp3) is 0.692. The standard InChI is InChI=1S/C13H19N3O2/c1-15-12(3-4-14-15)13(17)16-7-9-5-11(18-2)6-10(9)8-16/h3-4,9-11H,5-8H2,1-2H3/t9-,10+,11?. The van der Waals surface area contributed by atoms with E-state index in [9.17, 15) is 4.79 Å². The van der Waals surface area contributed by atoms with Gasteiger partial charge in [0.25, 0.3) is 5.91 Å². The Morgan fingerprint density at radius 2 is 2.06 bits per heavy atom. The van der Waals surface area contributed by atoms with E-state index in [1.807, 2.05) is 11.9 Å². The first-order valence-electron chi connectivity index (χ1n) is 6.49. The summed E-state index contributed by atoms with van der Waals surface area (Å²) < 4.78 is 7.06. The Balaban J connectivity index is 1.68. The number of aromatic nitrogens is 2. The maximum absolute atomic E-state index is 12.3. The number of carbonyl (C=O) groups is 1. The van der Waals surface area contributed by atoms with Crippen molar-refractivity contribution in [3.05, 3.63) is 18.0 Å². The van der Waals surface area contributed by atoms with E-state index in [-0.39, 0.29) is 5.91 Å². The molecule has 0 spiro atoms. The topological polar surface area (TPSA) is 47.4 Å². The summed E-state index contributed by atoms with van der Waals surface area (Å²) in [6.07, 6.45) is 4.26. The van der Waals surface area contributed by atoms with Crippen LogP contribution in [0.4, 0.5) is 0 Å². The Kier molecular flexibility index (Phi) is 2.86. The van der Waals surface area contributed by atoms with E-state index in [2.05, 4.69) is 5.10 Å². The molecule has 1 aliphatic carbocycles. The molecule has 0 radical (unpaired) electrons. The van der Waals surface area contributed by atoms with E-state index in [0.29, 0.717) is 23.6 Å². The lowest BCUT2D eigenvalue weighted by Crippen LogP contribution is -2.31. The predicted molar refractivity (Wildman–Crippen MR) is 66.1 cm³/mol. The minimum absolute atomic E-state index is 0.110. The van der Waals surface area contributed by atoms with Crippen LogP contribution in [-0.2, 0) is 11.8 Å². The van der Waals surface area contributed by atoms with Gasteiger partial charge in [-0.2, -0.15) is 5.10 Å². The van der Waals surface area contributed by atoms with Crippen LogP contribution in [0, 0.1) is 11.8 Å². The lowest BCUT2D eigenvalue weighted by molar-refractivity contribution is 0.0722. The highest BCUT2D eigenvalue weighted by Crippen LogP contribution is 2.39. The molecule has 2 heterocycles. The van der Waals surface area contributed by atoms with Crippen molar-refractivity contribution < 1.29 is 9.53 Å². The van der Waals surface area contributed by atoms with Gasteiger partial charge in [0.1, 0.15) is 5.69 Å². The number of methoxy groups -OCH3 is 1. The lowest BCUT2D eigenvalue weighted by atomic mass is 10.0. The van der Waals surface area contributed by atoms with Crippen LogP contribution in [0.15, 0.2) is 12.3 Å². The Hall–Kier alpha value is -1.36. The van der Waals surface area contributed by atoms with Gasteiger partial charge in [0.2, 0.25) is 0 Å². The molecule has 5 heteroatoms. The molecule has 2 fully saturated rings. The molecule has 3 rings (SSSR count). The summed E-state index contributed by atoms with van der Waals surface area (Å²) in [5.74, 6) is 1.35. The highest BCUT2D eigenvalue weighted by molar-refractivity contribution is 5.92. The van der Waals surface area contributed by atoms with E-state index in [1.165, 1.54) is 0 Å². The van der Waals surface area contributed by atoms with Crippen LogP contribution in [0.1, 0.15) is 23.3 Å². The van der Waals surface area contributed by atoms with Gasteiger partial charge in [0, 0.05) is 33.4 Å². The largest absolute Gasteiger partial charge is 0.381 e. The molecule has 3 atom stereocenters. The molecular formula is C13H19N3O2. The normalized spacial score (nSPS) is 30.8. The number of hydrogen-bond donors (Lipinski definition) is 0. The van der Waals surface area contributed by atoms with Gasteiger partial charge in [-0.05, 0) is 30.7 Å². The summed E-state index contributed by atoms with van der Waals surface area (Å²) in [5, 5.41) is 4.06. The molecule has 1 saturated heterocycles. The summed E-state index contributed by atoms with van der Waals surface area (Å²) in [6.45, 7) is 1.74. The van der Waals surface area contributed by atoms with E-state index in [1.54, 1.807) is 24.1 Å². The molecule has 18 heavy (non-hydrogen) atoms. The number of nitrogens with zero attached hydrogens (tertiary/aromatic N) is 3. The van der Waals surface area contributed by atoms with Gasteiger partial charge in [-0.15, -0.1) is 0 Å². The summed E-state index contributed by atoms with van der Waals surface area (Å²) in [7, 11) is 3.59. The smallest absolute Gasteiger partial charge is 0.272 e. The van der Waals surface area contributed by atoms with E-state index >= 15 is 0 Å². The molecule has 1 saturated carbocycles. The summed E-state index contributed by atoms with van der Waals surface area (Å²) in [5.41, 5.74) is 0.679. The second kappa shape index (κ2) is 4.39. The zero-order chi connectivity index (χ0) is 12.7. The minimum Gasteiger partial charge on any atom is -0.381 e. The van der Waals surface area contributed by atoms with Gasteiger partial charge in [-0.25, -0.2) is 0 Å². The SMILES string of the molecule is COC1C[C@@H]2CN(C(=O)c3ccnn3C)C[C@@H]2C1. The number of carbonyl (C=O) groups excluding carboxylic acids is 1. The number of rotatable bonds is 2. The molecule has 1 unspecified atom stereocenters. The minimum atomic E-state index is 0.110. The first-order valence-corrected chi connectivity index (χ1v) is 6.49. The molecule has 5 nitrogen and oxygen atoms in total. The average molecular weight is 249 g/mol. The van der Waals surface area contributed by atoms with E-state index < -0.39 is 0 Å². The highest BCUT2D eigenvalue weighted by Gasteiger charge is 2.42. The van der Waals surface area contributed by atoms with Crippen LogP contribution in [-0.4, -0.2) is 46.9 Å². The fourth-order valence-corrected chi connectivity index (χ4v) is 3.35. The van der Waals surface area contributed by atoms with E-state index in [0.717, 1.165) is 25.9 Å². The van der Waals surface area contributed by atoms with Crippen LogP contribution >= 0.6 is 0 Å². The Bertz CT molecular complexity index is 443. The molecule has 1 aromatic rings. The molecule has 98 valence electrons. The monoisotopic (exact) mass is 249 g/mol. The van der Waals surface area contributed by atoms with Gasteiger partial charge >= 0.3 is 0 Å². The van der Waals surface area contributed by atoms with Crippen molar-refractivity contribution in [3.63, 3.8) is 0 Å². The van der Waals surface area contributed by atoms with Crippen LogP contribution < -0.4 is 0 Å². The molecule has 1 aromatic heterocycles. The van der Waals surface area contributed by atoms with Crippen molar-refractivity contribution in [2.24, 2.45) is 18.9 Å². The Morgan fingerprint density at radius 1 is 1.39 bits per heavy atom. The number of ether oxygens (including phenoxy) is 1. The number of amides is 1. The molecule has 2 aliphatic rings. The zero-order valence-electron chi connectivity index (χ0n) is 10.9. The van der Waals surface area contributed by atoms with Crippen molar-refractivity contribution in [3.8, 4) is 0 Å². The quantitative estimate of drug-likeness (QED) is 0.783. The Morgan fingerprint density at radius 3 is 2.56 bits per heavy atom. The van der Waals surface area contributed by atoms with Crippen molar-refractivity contribution >= 4 is 5.91 Å². The first kappa shape index (κ1) is 11.7. The molecule has 0 bridgehead atoms. The van der Waals surface area contributed by atoms with Gasteiger partial charge in [0.15, 0.2) is 0 Å². The zero-order valence-corrected chi connectivity index (χ0v) is 10.9. The van der Waals surface area contributed by atoms with Gasteiger partial charge in [0.05, 0.1) is 6.10 Å². The fourth-order valence-electron chi connectivity index (χ4n) is 3.35. The second-order valence-electron chi connectivity index (χ2n) is 5.40. The van der Waals surface area contributed by atoms with Crippen LogP contribution in [0.25, 0.3) is 0 Å². The lowest BCUT2D eigenvalue weighted by Gasteiger charge is -2.18. The molecule has 1 aliphatic heterocycles. The summed E-state index contributed by atoms with van der Waals surface area (Å²) in [6, 6.07) is 1.79. The Labute approximate surface area is 107 Å². The summed E-state index contributed by atoms with van der Waals surface area (Å²) >= 11 is 0. The van der Waals surface area contributed by atoms with Crippen molar-refractivity contribution in [2.75, 3.05) is 20.2 Å². The van der Waals surface area contributed by atoms with Crippen molar-refractivity contribution in [1.29, 1.82) is 0 Å². The molecule has 1 amide bonds. The van der Waals surface area contributed by atoms with Crippen LogP contribution in [0.5, 0.6) is 0 Å². The van der Waals surface area contributed by atoms with Crippen LogP contribution in [0.3, 0.4) is 0 Å². The number of fused-ring (bicyclic) bond motifs is 1. The first-order chi connectivity index (χ1) is 8.69. The second-order valence-corrected chi connectivity index (χ2v) is 5.40. The van der Waals surface area contributed by atoms with Gasteiger partial charge in [-0.3, -0.25) is 9.48 Å². The number of likely N-dealkylation sites (tertiary alicyclic amines) is 1. The third kappa shape index (κ3) is 1.82. The highest BCUT2D eigenvalue weighted by atomic mass is 16.5. The third-order valence-electron chi connectivity index (χ3n) is 4.37. The van der Waals surface area contributed by atoms with E-state index in [4.69, 9.17) is 4.74 Å². The maximum Gasteiger partial charge on any atom is 0.272 e. The average Bonchev–Trinajstić information content (AvgIpc) is 3.00. The predicted octanol–water partition coefficient (Wildman–Crippen LogP) is 0.917. The number of aryl methyl sites for hydroxylation is 1. The van der Waals surface area contributed by atoms with Crippen molar-refractivity contribution in [1.82, 2.24) is 14.7 Å².